The first kappa shape index (κ1) is 9.53. The zero-order chi connectivity index (χ0) is 9.97. The van der Waals surface area contributed by atoms with Gasteiger partial charge in [0.15, 0.2) is 0 Å². The van der Waals surface area contributed by atoms with E-state index in [0.717, 1.165) is 12.7 Å². The van der Waals surface area contributed by atoms with E-state index in [9.17, 15) is 4.79 Å². The summed E-state index contributed by atoms with van der Waals surface area (Å²) in [6, 6.07) is 7.37. The maximum atomic E-state index is 10.4. The maximum Gasteiger partial charge on any atom is 0.137 e. The first-order valence-electron chi connectivity index (χ1n) is 4.64. The van der Waals surface area contributed by atoms with Crippen LogP contribution in [0.3, 0.4) is 0 Å². The Morgan fingerprint density at radius 1 is 1.50 bits per heavy atom. The Morgan fingerprint density at radius 3 is 2.93 bits per heavy atom. The van der Waals surface area contributed by atoms with Crippen LogP contribution < -0.4 is 4.74 Å². The van der Waals surface area contributed by atoms with Crippen LogP contribution in [0.2, 0.25) is 5.02 Å². The largest absolute Gasteiger partial charge is 0.492 e. The fraction of sp³-hybridized carbons (Fsp3) is 0.364. The highest BCUT2D eigenvalue weighted by molar-refractivity contribution is 6.32. The van der Waals surface area contributed by atoms with Gasteiger partial charge in [-0.2, -0.15) is 0 Å². The molecular weight excluding hydrogens is 200 g/mol. The van der Waals surface area contributed by atoms with E-state index in [0.29, 0.717) is 23.3 Å². The fourth-order valence-electron chi connectivity index (χ4n) is 1.39. The average molecular weight is 211 g/mol. The summed E-state index contributed by atoms with van der Waals surface area (Å²) in [5.74, 6) is 1.30. The molecule has 14 heavy (non-hydrogen) atoms. The van der Waals surface area contributed by atoms with Crippen molar-refractivity contribution in [3.05, 3.63) is 29.3 Å². The van der Waals surface area contributed by atoms with Crippen LogP contribution in [-0.4, -0.2) is 12.9 Å². The van der Waals surface area contributed by atoms with Crippen LogP contribution in [0.5, 0.6) is 5.75 Å². The number of aldehydes is 1. The average Bonchev–Trinajstić information content (AvgIpc) is 2.95. The van der Waals surface area contributed by atoms with E-state index >= 15 is 0 Å². The SMILES string of the molecule is O=CC1CC1COc1ccccc1Cl. The third-order valence-corrected chi connectivity index (χ3v) is 2.75. The second kappa shape index (κ2) is 4.01. The van der Waals surface area contributed by atoms with Crippen LogP contribution in [0.25, 0.3) is 0 Å². The Hall–Kier alpha value is -1.02. The highest BCUT2D eigenvalue weighted by Crippen LogP contribution is 2.37. The molecule has 0 bridgehead atoms. The molecular formula is C11H11ClO2. The summed E-state index contributed by atoms with van der Waals surface area (Å²) < 4.78 is 5.50. The van der Waals surface area contributed by atoms with Crippen LogP contribution in [0, 0.1) is 11.8 Å². The van der Waals surface area contributed by atoms with Crippen LogP contribution in [0.1, 0.15) is 6.42 Å². The first-order chi connectivity index (χ1) is 6.81. The summed E-state index contributed by atoms with van der Waals surface area (Å²) >= 11 is 5.90. The normalized spacial score (nSPS) is 24.4. The van der Waals surface area contributed by atoms with Gasteiger partial charge in [-0.15, -0.1) is 0 Å². The van der Waals surface area contributed by atoms with E-state index in [1.165, 1.54) is 0 Å². The van der Waals surface area contributed by atoms with Crippen LogP contribution in [-0.2, 0) is 4.79 Å². The van der Waals surface area contributed by atoms with Gasteiger partial charge in [0.2, 0.25) is 0 Å². The Bertz CT molecular complexity index is 338. The fourth-order valence-corrected chi connectivity index (χ4v) is 1.58. The van der Waals surface area contributed by atoms with E-state index in [1.54, 1.807) is 6.07 Å². The number of hydrogen-bond donors (Lipinski definition) is 0. The van der Waals surface area contributed by atoms with E-state index in [1.807, 2.05) is 18.2 Å². The molecule has 0 aromatic heterocycles. The zero-order valence-electron chi connectivity index (χ0n) is 7.65. The summed E-state index contributed by atoms with van der Waals surface area (Å²) in [6.45, 7) is 0.590. The molecule has 3 heteroatoms. The standard InChI is InChI=1S/C11H11ClO2/c12-10-3-1-2-4-11(10)14-7-9-5-8(9)6-13/h1-4,6,8-9H,5,7H2. The lowest BCUT2D eigenvalue weighted by molar-refractivity contribution is -0.109. The molecule has 1 aliphatic rings. The molecule has 1 aromatic rings. The summed E-state index contributed by atoms with van der Waals surface area (Å²) in [4.78, 5) is 10.4. The molecule has 2 atom stereocenters. The molecule has 0 amide bonds. The number of halogens is 1. The summed E-state index contributed by atoms with van der Waals surface area (Å²) in [6.07, 6.45) is 1.95. The van der Waals surface area contributed by atoms with Gasteiger partial charge in [0.1, 0.15) is 12.0 Å². The monoisotopic (exact) mass is 210 g/mol. The van der Waals surface area contributed by atoms with Crippen molar-refractivity contribution in [2.45, 2.75) is 6.42 Å². The first-order valence-corrected chi connectivity index (χ1v) is 5.01. The lowest BCUT2D eigenvalue weighted by Crippen LogP contribution is -2.01. The molecule has 1 saturated carbocycles. The molecule has 1 aliphatic carbocycles. The van der Waals surface area contributed by atoms with Crippen molar-refractivity contribution in [3.8, 4) is 5.75 Å². The van der Waals surface area contributed by atoms with Crippen molar-refractivity contribution in [1.82, 2.24) is 0 Å². The maximum absolute atomic E-state index is 10.4. The van der Waals surface area contributed by atoms with Crippen molar-refractivity contribution in [1.29, 1.82) is 0 Å². The van der Waals surface area contributed by atoms with Crippen molar-refractivity contribution in [2.24, 2.45) is 11.8 Å². The van der Waals surface area contributed by atoms with Gasteiger partial charge in [-0.25, -0.2) is 0 Å². The molecule has 2 unspecified atom stereocenters. The van der Waals surface area contributed by atoms with E-state index < -0.39 is 0 Å². The predicted molar refractivity (Wildman–Crippen MR) is 54.6 cm³/mol. The van der Waals surface area contributed by atoms with Gasteiger partial charge in [-0.05, 0) is 18.6 Å². The van der Waals surface area contributed by atoms with Crippen molar-refractivity contribution < 1.29 is 9.53 Å². The third-order valence-electron chi connectivity index (χ3n) is 2.44. The van der Waals surface area contributed by atoms with Gasteiger partial charge in [0, 0.05) is 11.8 Å². The van der Waals surface area contributed by atoms with E-state index in [2.05, 4.69) is 0 Å². The predicted octanol–water partition coefficient (Wildman–Crippen LogP) is 2.55. The minimum Gasteiger partial charge on any atom is -0.492 e. The molecule has 0 radical (unpaired) electrons. The Balaban J connectivity index is 1.87. The number of hydrogen-bond acceptors (Lipinski definition) is 2. The summed E-state index contributed by atoms with van der Waals surface area (Å²) in [5.41, 5.74) is 0. The van der Waals surface area contributed by atoms with Gasteiger partial charge in [-0.1, -0.05) is 23.7 Å². The zero-order valence-corrected chi connectivity index (χ0v) is 8.41. The minimum absolute atomic E-state index is 0.206. The molecule has 0 heterocycles. The van der Waals surface area contributed by atoms with Gasteiger partial charge >= 0.3 is 0 Å². The third kappa shape index (κ3) is 2.07. The number of para-hydroxylation sites is 1. The molecule has 0 saturated heterocycles. The highest BCUT2D eigenvalue weighted by Gasteiger charge is 2.37. The van der Waals surface area contributed by atoms with Gasteiger partial charge < -0.3 is 9.53 Å². The summed E-state index contributed by atoms with van der Waals surface area (Å²) in [5, 5.41) is 0.621. The Kier molecular flexibility index (Phi) is 2.73. The summed E-state index contributed by atoms with van der Waals surface area (Å²) in [7, 11) is 0. The number of carbonyl (C=O) groups excluding carboxylic acids is 1. The van der Waals surface area contributed by atoms with Crippen molar-refractivity contribution >= 4 is 17.9 Å². The van der Waals surface area contributed by atoms with Crippen LogP contribution in [0.15, 0.2) is 24.3 Å². The second-order valence-electron chi connectivity index (χ2n) is 3.54. The van der Waals surface area contributed by atoms with Crippen LogP contribution >= 0.6 is 11.6 Å². The quantitative estimate of drug-likeness (QED) is 0.714. The highest BCUT2D eigenvalue weighted by atomic mass is 35.5. The molecule has 2 nitrogen and oxygen atoms in total. The van der Waals surface area contributed by atoms with E-state index in [4.69, 9.17) is 16.3 Å². The van der Waals surface area contributed by atoms with Gasteiger partial charge in [0.25, 0.3) is 0 Å². The van der Waals surface area contributed by atoms with E-state index in [-0.39, 0.29) is 5.92 Å². The van der Waals surface area contributed by atoms with Crippen molar-refractivity contribution in [3.63, 3.8) is 0 Å². The lowest BCUT2D eigenvalue weighted by Gasteiger charge is -2.06. The molecule has 0 N–H and O–H groups in total. The molecule has 0 spiro atoms. The molecule has 74 valence electrons. The Labute approximate surface area is 87.8 Å². The van der Waals surface area contributed by atoms with Crippen LogP contribution in [0.4, 0.5) is 0 Å². The number of ether oxygens (including phenoxy) is 1. The van der Waals surface area contributed by atoms with Crippen molar-refractivity contribution in [2.75, 3.05) is 6.61 Å². The molecule has 1 fully saturated rings. The molecule has 0 aliphatic heterocycles. The minimum atomic E-state index is 0.206. The number of benzene rings is 1. The molecule has 1 aromatic carbocycles. The smallest absolute Gasteiger partial charge is 0.137 e. The lowest BCUT2D eigenvalue weighted by atomic mass is 10.3. The Morgan fingerprint density at radius 2 is 2.29 bits per heavy atom. The van der Waals surface area contributed by atoms with Gasteiger partial charge in [0.05, 0.1) is 11.6 Å². The number of rotatable bonds is 4. The molecule has 2 rings (SSSR count). The second-order valence-corrected chi connectivity index (χ2v) is 3.94. The number of carbonyl (C=O) groups is 1. The topological polar surface area (TPSA) is 26.3 Å². The van der Waals surface area contributed by atoms with Gasteiger partial charge in [-0.3, -0.25) is 0 Å².